The fourth-order valence-electron chi connectivity index (χ4n) is 2.59. The fourth-order valence-corrected chi connectivity index (χ4v) is 2.59. The molecule has 1 N–H and O–H groups in total. The van der Waals surface area contributed by atoms with Crippen LogP contribution in [0.15, 0.2) is 42.5 Å². The summed E-state index contributed by atoms with van der Waals surface area (Å²) >= 11 is 0. The summed E-state index contributed by atoms with van der Waals surface area (Å²) in [5.74, 6) is -1.07. The van der Waals surface area contributed by atoms with Gasteiger partial charge in [0.25, 0.3) is 0 Å². The highest BCUT2D eigenvalue weighted by Crippen LogP contribution is 2.27. The maximum Gasteiger partial charge on any atom is 0.133 e. The zero-order valence-corrected chi connectivity index (χ0v) is 10.5. The van der Waals surface area contributed by atoms with Crippen molar-refractivity contribution in [2.24, 2.45) is 0 Å². The zero-order valence-electron chi connectivity index (χ0n) is 10.5. The monoisotopic (exact) mass is 259 g/mol. The van der Waals surface area contributed by atoms with Crippen LogP contribution < -0.4 is 5.32 Å². The van der Waals surface area contributed by atoms with Crippen molar-refractivity contribution in [1.29, 1.82) is 0 Å². The summed E-state index contributed by atoms with van der Waals surface area (Å²) in [6.45, 7) is 1.05. The molecule has 2 aromatic carbocycles. The molecule has 98 valence electrons. The Bertz CT molecular complexity index is 572. The third kappa shape index (κ3) is 2.51. The van der Waals surface area contributed by atoms with Gasteiger partial charge in [0.15, 0.2) is 0 Å². The standard InChI is InChI=1S/C16H15F2N/c17-13-7-8-14(15(18)10-13)11-3-5-12(6-4-11)16-2-1-9-19-16/h3-8,10,16,19H,1-2,9H2. The van der Waals surface area contributed by atoms with Crippen LogP contribution in [0.1, 0.15) is 24.4 Å². The molecule has 0 bridgehead atoms. The first-order chi connectivity index (χ1) is 9.24. The van der Waals surface area contributed by atoms with Crippen LogP contribution >= 0.6 is 0 Å². The predicted octanol–water partition coefficient (Wildman–Crippen LogP) is 4.06. The van der Waals surface area contributed by atoms with E-state index in [1.807, 2.05) is 24.3 Å². The summed E-state index contributed by atoms with van der Waals surface area (Å²) in [4.78, 5) is 0. The Kier molecular flexibility index (Phi) is 3.30. The van der Waals surface area contributed by atoms with Crippen LogP contribution in [0.2, 0.25) is 0 Å². The lowest BCUT2D eigenvalue weighted by Crippen LogP contribution is -2.12. The summed E-state index contributed by atoms with van der Waals surface area (Å²) < 4.78 is 26.6. The molecule has 19 heavy (non-hydrogen) atoms. The van der Waals surface area contributed by atoms with Crippen molar-refractivity contribution in [2.45, 2.75) is 18.9 Å². The molecule has 1 aliphatic rings. The molecule has 0 spiro atoms. The van der Waals surface area contributed by atoms with E-state index in [0.29, 0.717) is 11.6 Å². The van der Waals surface area contributed by atoms with Gasteiger partial charge in [-0.05, 0) is 42.6 Å². The smallest absolute Gasteiger partial charge is 0.133 e. The SMILES string of the molecule is Fc1ccc(-c2ccc(C3CCCN3)cc2)c(F)c1. The summed E-state index contributed by atoms with van der Waals surface area (Å²) in [5, 5.41) is 3.43. The van der Waals surface area contributed by atoms with Crippen LogP contribution in [0.25, 0.3) is 11.1 Å². The molecule has 3 rings (SSSR count). The highest BCUT2D eigenvalue weighted by molar-refractivity contribution is 5.64. The third-order valence-corrected chi connectivity index (χ3v) is 3.62. The maximum absolute atomic E-state index is 13.7. The van der Waals surface area contributed by atoms with Gasteiger partial charge < -0.3 is 5.32 Å². The number of hydrogen-bond acceptors (Lipinski definition) is 1. The van der Waals surface area contributed by atoms with Crippen LogP contribution in [-0.4, -0.2) is 6.54 Å². The van der Waals surface area contributed by atoms with Gasteiger partial charge >= 0.3 is 0 Å². The van der Waals surface area contributed by atoms with Crippen molar-refractivity contribution in [3.05, 3.63) is 59.7 Å². The minimum Gasteiger partial charge on any atom is -0.310 e. The number of halogens is 2. The van der Waals surface area contributed by atoms with E-state index in [4.69, 9.17) is 0 Å². The molecule has 1 atom stereocenters. The molecular weight excluding hydrogens is 244 g/mol. The van der Waals surface area contributed by atoms with Gasteiger partial charge in [-0.1, -0.05) is 24.3 Å². The lowest BCUT2D eigenvalue weighted by molar-refractivity contribution is 0.585. The molecule has 0 saturated carbocycles. The van der Waals surface area contributed by atoms with E-state index >= 15 is 0 Å². The van der Waals surface area contributed by atoms with E-state index in [-0.39, 0.29) is 0 Å². The lowest BCUT2D eigenvalue weighted by Gasteiger charge is -2.11. The van der Waals surface area contributed by atoms with E-state index in [1.54, 1.807) is 0 Å². The van der Waals surface area contributed by atoms with Gasteiger partial charge in [0.2, 0.25) is 0 Å². The molecule has 3 heteroatoms. The van der Waals surface area contributed by atoms with E-state index in [9.17, 15) is 8.78 Å². The molecule has 1 saturated heterocycles. The van der Waals surface area contributed by atoms with Gasteiger partial charge in [0, 0.05) is 17.7 Å². The molecule has 1 unspecified atom stereocenters. The molecule has 0 aliphatic carbocycles. The van der Waals surface area contributed by atoms with E-state index in [2.05, 4.69) is 5.32 Å². The predicted molar refractivity (Wildman–Crippen MR) is 71.8 cm³/mol. The first-order valence-corrected chi connectivity index (χ1v) is 6.53. The minimum absolute atomic E-state index is 0.409. The number of hydrogen-bond donors (Lipinski definition) is 1. The molecule has 0 amide bonds. The van der Waals surface area contributed by atoms with Crippen molar-refractivity contribution < 1.29 is 8.78 Å². The molecule has 1 aliphatic heterocycles. The van der Waals surface area contributed by atoms with Gasteiger partial charge in [-0.15, -0.1) is 0 Å². The molecular formula is C16H15F2N. The van der Waals surface area contributed by atoms with Crippen LogP contribution in [0.4, 0.5) is 8.78 Å². The average Bonchev–Trinajstić information content (AvgIpc) is 2.93. The first kappa shape index (κ1) is 12.3. The van der Waals surface area contributed by atoms with Crippen molar-refractivity contribution >= 4 is 0 Å². The van der Waals surface area contributed by atoms with Crippen molar-refractivity contribution in [2.75, 3.05) is 6.54 Å². The second-order valence-electron chi connectivity index (χ2n) is 4.90. The minimum atomic E-state index is -0.548. The lowest BCUT2D eigenvalue weighted by atomic mass is 10.00. The van der Waals surface area contributed by atoms with E-state index in [1.165, 1.54) is 24.1 Å². The van der Waals surface area contributed by atoms with Crippen LogP contribution in [0.5, 0.6) is 0 Å². The Balaban J connectivity index is 1.89. The summed E-state index contributed by atoms with van der Waals surface area (Å²) in [7, 11) is 0. The Morgan fingerprint density at radius 1 is 1.00 bits per heavy atom. The normalized spacial score (nSPS) is 18.7. The maximum atomic E-state index is 13.7. The van der Waals surface area contributed by atoms with Crippen LogP contribution in [0, 0.1) is 11.6 Å². The van der Waals surface area contributed by atoms with E-state index in [0.717, 1.165) is 24.6 Å². The van der Waals surface area contributed by atoms with Gasteiger partial charge in [0.05, 0.1) is 0 Å². The number of rotatable bonds is 2. The fraction of sp³-hybridized carbons (Fsp3) is 0.250. The van der Waals surface area contributed by atoms with Crippen molar-refractivity contribution in [3.8, 4) is 11.1 Å². The molecule has 2 aromatic rings. The molecule has 1 heterocycles. The Morgan fingerprint density at radius 2 is 1.79 bits per heavy atom. The Hall–Kier alpha value is -1.74. The molecule has 0 aromatic heterocycles. The Labute approximate surface area is 111 Å². The van der Waals surface area contributed by atoms with Gasteiger partial charge in [-0.25, -0.2) is 8.78 Å². The molecule has 1 nitrogen and oxygen atoms in total. The zero-order chi connectivity index (χ0) is 13.2. The van der Waals surface area contributed by atoms with E-state index < -0.39 is 11.6 Å². The summed E-state index contributed by atoms with van der Waals surface area (Å²) in [5.41, 5.74) is 2.44. The summed E-state index contributed by atoms with van der Waals surface area (Å²) in [6.07, 6.45) is 2.34. The number of nitrogens with one attached hydrogen (secondary N) is 1. The quantitative estimate of drug-likeness (QED) is 0.857. The summed E-state index contributed by atoms with van der Waals surface area (Å²) in [6, 6.07) is 11.9. The van der Waals surface area contributed by atoms with Gasteiger partial charge in [-0.3, -0.25) is 0 Å². The molecule has 0 radical (unpaired) electrons. The van der Waals surface area contributed by atoms with Crippen molar-refractivity contribution in [1.82, 2.24) is 5.32 Å². The van der Waals surface area contributed by atoms with Crippen LogP contribution in [-0.2, 0) is 0 Å². The second-order valence-corrected chi connectivity index (χ2v) is 4.90. The third-order valence-electron chi connectivity index (χ3n) is 3.62. The largest absolute Gasteiger partial charge is 0.310 e. The van der Waals surface area contributed by atoms with Gasteiger partial charge in [-0.2, -0.15) is 0 Å². The highest BCUT2D eigenvalue weighted by Gasteiger charge is 2.16. The average molecular weight is 259 g/mol. The van der Waals surface area contributed by atoms with Crippen molar-refractivity contribution in [3.63, 3.8) is 0 Å². The van der Waals surface area contributed by atoms with Crippen LogP contribution in [0.3, 0.4) is 0 Å². The Morgan fingerprint density at radius 3 is 2.42 bits per heavy atom. The topological polar surface area (TPSA) is 12.0 Å². The molecule has 1 fully saturated rings. The number of benzene rings is 2. The first-order valence-electron chi connectivity index (χ1n) is 6.53. The second kappa shape index (κ2) is 5.10. The highest BCUT2D eigenvalue weighted by atomic mass is 19.1. The van der Waals surface area contributed by atoms with Gasteiger partial charge in [0.1, 0.15) is 11.6 Å².